The van der Waals surface area contributed by atoms with Crippen molar-refractivity contribution >= 4 is 0 Å². The van der Waals surface area contributed by atoms with Crippen molar-refractivity contribution in [3.8, 4) is 0 Å². The Labute approximate surface area is 87.4 Å². The summed E-state index contributed by atoms with van der Waals surface area (Å²) in [6.07, 6.45) is 5.41. The van der Waals surface area contributed by atoms with Crippen molar-refractivity contribution in [2.45, 2.75) is 51.6 Å². The highest BCUT2D eigenvalue weighted by Gasteiger charge is 2.32. The molecule has 0 bridgehead atoms. The van der Waals surface area contributed by atoms with Gasteiger partial charge in [-0.2, -0.15) is 0 Å². The molecule has 0 aromatic carbocycles. The van der Waals surface area contributed by atoms with Crippen LogP contribution >= 0.6 is 0 Å². The Bertz CT molecular complexity index is 173. The van der Waals surface area contributed by atoms with E-state index in [0.29, 0.717) is 6.04 Å². The molecular formula is C12H23NO. The average Bonchev–Trinajstić information content (AvgIpc) is 2.88. The van der Waals surface area contributed by atoms with E-state index in [2.05, 4.69) is 19.2 Å². The van der Waals surface area contributed by atoms with Gasteiger partial charge in [-0.25, -0.2) is 0 Å². The number of ether oxygens (including phenoxy) is 1. The minimum absolute atomic E-state index is 0.642. The minimum atomic E-state index is 0.642. The van der Waals surface area contributed by atoms with Crippen LogP contribution in [-0.2, 0) is 4.74 Å². The lowest BCUT2D eigenvalue weighted by atomic mass is 9.98. The lowest BCUT2D eigenvalue weighted by molar-refractivity contribution is 0.175. The fourth-order valence-electron chi connectivity index (χ4n) is 2.51. The van der Waals surface area contributed by atoms with Crippen molar-refractivity contribution in [2.75, 3.05) is 13.2 Å². The molecule has 0 amide bonds. The molecule has 1 aliphatic carbocycles. The molecule has 1 heterocycles. The Kier molecular flexibility index (Phi) is 3.45. The molecule has 3 unspecified atom stereocenters. The number of nitrogens with one attached hydrogen (secondary N) is 1. The van der Waals surface area contributed by atoms with E-state index in [1.807, 2.05) is 0 Å². The van der Waals surface area contributed by atoms with E-state index < -0.39 is 0 Å². The van der Waals surface area contributed by atoms with Gasteiger partial charge < -0.3 is 10.1 Å². The van der Waals surface area contributed by atoms with Crippen molar-refractivity contribution in [3.05, 3.63) is 0 Å². The first-order valence-corrected chi connectivity index (χ1v) is 6.15. The zero-order valence-electron chi connectivity index (χ0n) is 9.46. The lowest BCUT2D eigenvalue weighted by Crippen LogP contribution is -2.42. The monoisotopic (exact) mass is 197 g/mol. The summed E-state index contributed by atoms with van der Waals surface area (Å²) in [6, 6.07) is 1.41. The van der Waals surface area contributed by atoms with Crippen LogP contribution in [-0.4, -0.2) is 25.3 Å². The summed E-state index contributed by atoms with van der Waals surface area (Å²) in [5.74, 6) is 1.73. The smallest absolute Gasteiger partial charge is 0.0509 e. The second kappa shape index (κ2) is 4.63. The second-order valence-corrected chi connectivity index (χ2v) is 4.93. The third-order valence-electron chi connectivity index (χ3n) is 3.78. The van der Waals surface area contributed by atoms with Gasteiger partial charge in [-0.15, -0.1) is 0 Å². The van der Waals surface area contributed by atoms with Crippen LogP contribution in [0.1, 0.15) is 39.5 Å². The molecule has 2 fully saturated rings. The zero-order valence-corrected chi connectivity index (χ0v) is 9.46. The van der Waals surface area contributed by atoms with Gasteiger partial charge in [0, 0.05) is 18.7 Å². The maximum absolute atomic E-state index is 5.43. The van der Waals surface area contributed by atoms with Gasteiger partial charge >= 0.3 is 0 Å². The van der Waals surface area contributed by atoms with Crippen LogP contribution in [0.4, 0.5) is 0 Å². The van der Waals surface area contributed by atoms with Crippen LogP contribution in [0.3, 0.4) is 0 Å². The van der Waals surface area contributed by atoms with Gasteiger partial charge in [0.2, 0.25) is 0 Å². The highest BCUT2D eigenvalue weighted by molar-refractivity contribution is 4.88. The predicted octanol–water partition coefficient (Wildman–Crippen LogP) is 2.19. The SMILES string of the molecule is CCC(NC(C)C1CCOC1)C1CC1. The topological polar surface area (TPSA) is 21.3 Å². The van der Waals surface area contributed by atoms with Crippen LogP contribution in [0, 0.1) is 11.8 Å². The molecule has 1 aliphatic heterocycles. The van der Waals surface area contributed by atoms with E-state index in [-0.39, 0.29) is 0 Å². The molecule has 1 saturated heterocycles. The van der Waals surface area contributed by atoms with Crippen molar-refractivity contribution in [3.63, 3.8) is 0 Å². The fourth-order valence-corrected chi connectivity index (χ4v) is 2.51. The second-order valence-electron chi connectivity index (χ2n) is 4.93. The average molecular weight is 197 g/mol. The molecule has 1 saturated carbocycles. The van der Waals surface area contributed by atoms with E-state index >= 15 is 0 Å². The van der Waals surface area contributed by atoms with Crippen molar-refractivity contribution in [1.82, 2.24) is 5.32 Å². The van der Waals surface area contributed by atoms with Gasteiger partial charge in [0.05, 0.1) is 6.61 Å². The Hall–Kier alpha value is -0.0800. The molecular weight excluding hydrogens is 174 g/mol. The summed E-state index contributed by atoms with van der Waals surface area (Å²) in [5.41, 5.74) is 0. The van der Waals surface area contributed by atoms with E-state index in [0.717, 1.165) is 31.1 Å². The van der Waals surface area contributed by atoms with Crippen LogP contribution in [0.25, 0.3) is 0 Å². The maximum atomic E-state index is 5.43. The Morgan fingerprint density at radius 3 is 2.57 bits per heavy atom. The highest BCUT2D eigenvalue weighted by atomic mass is 16.5. The van der Waals surface area contributed by atoms with E-state index in [9.17, 15) is 0 Å². The van der Waals surface area contributed by atoms with Crippen molar-refractivity contribution in [1.29, 1.82) is 0 Å². The fraction of sp³-hybridized carbons (Fsp3) is 1.00. The molecule has 14 heavy (non-hydrogen) atoms. The molecule has 2 rings (SSSR count). The molecule has 0 radical (unpaired) electrons. The van der Waals surface area contributed by atoms with E-state index in [4.69, 9.17) is 4.74 Å². The summed E-state index contributed by atoms with van der Waals surface area (Å²) in [7, 11) is 0. The van der Waals surface area contributed by atoms with Crippen molar-refractivity contribution in [2.24, 2.45) is 11.8 Å². The van der Waals surface area contributed by atoms with Crippen LogP contribution < -0.4 is 5.32 Å². The normalized spacial score (nSPS) is 31.7. The van der Waals surface area contributed by atoms with Gasteiger partial charge in [-0.1, -0.05) is 6.92 Å². The lowest BCUT2D eigenvalue weighted by Gasteiger charge is -2.25. The number of rotatable bonds is 5. The summed E-state index contributed by atoms with van der Waals surface area (Å²) >= 11 is 0. The molecule has 3 atom stereocenters. The molecule has 2 heteroatoms. The van der Waals surface area contributed by atoms with Crippen LogP contribution in [0.15, 0.2) is 0 Å². The van der Waals surface area contributed by atoms with Crippen LogP contribution in [0.5, 0.6) is 0 Å². The number of hydrogen-bond donors (Lipinski definition) is 1. The quantitative estimate of drug-likeness (QED) is 0.729. The number of hydrogen-bond acceptors (Lipinski definition) is 2. The van der Waals surface area contributed by atoms with E-state index in [1.165, 1.54) is 25.7 Å². The summed E-state index contributed by atoms with van der Waals surface area (Å²) in [6.45, 7) is 6.56. The molecule has 2 aliphatic rings. The van der Waals surface area contributed by atoms with Crippen molar-refractivity contribution < 1.29 is 4.74 Å². The molecule has 1 N–H and O–H groups in total. The van der Waals surface area contributed by atoms with Gasteiger partial charge in [0.1, 0.15) is 0 Å². The standard InChI is InChI=1S/C12H23NO/c1-3-12(10-4-5-10)13-9(2)11-6-7-14-8-11/h9-13H,3-8H2,1-2H3. The van der Waals surface area contributed by atoms with Crippen LogP contribution in [0.2, 0.25) is 0 Å². The van der Waals surface area contributed by atoms with E-state index in [1.54, 1.807) is 0 Å². The first kappa shape index (κ1) is 10.4. The van der Waals surface area contributed by atoms with Gasteiger partial charge in [0.25, 0.3) is 0 Å². The van der Waals surface area contributed by atoms with Gasteiger partial charge in [0.15, 0.2) is 0 Å². The molecule has 0 aromatic rings. The molecule has 0 aromatic heterocycles. The summed E-state index contributed by atoms with van der Waals surface area (Å²) in [5, 5.41) is 3.79. The third kappa shape index (κ3) is 2.48. The maximum Gasteiger partial charge on any atom is 0.0509 e. The minimum Gasteiger partial charge on any atom is -0.381 e. The highest BCUT2D eigenvalue weighted by Crippen LogP contribution is 2.34. The Morgan fingerprint density at radius 2 is 2.07 bits per heavy atom. The first-order valence-electron chi connectivity index (χ1n) is 6.15. The molecule has 82 valence electrons. The predicted molar refractivity (Wildman–Crippen MR) is 58.3 cm³/mol. The first-order chi connectivity index (χ1) is 6.81. The van der Waals surface area contributed by atoms with Gasteiger partial charge in [-0.05, 0) is 44.4 Å². The molecule has 2 nitrogen and oxygen atoms in total. The molecule has 0 spiro atoms. The Morgan fingerprint density at radius 1 is 1.29 bits per heavy atom. The Balaban J connectivity index is 1.76. The largest absolute Gasteiger partial charge is 0.381 e. The summed E-state index contributed by atoms with van der Waals surface area (Å²) in [4.78, 5) is 0. The summed E-state index contributed by atoms with van der Waals surface area (Å²) < 4.78 is 5.43. The third-order valence-corrected chi connectivity index (χ3v) is 3.78. The van der Waals surface area contributed by atoms with Gasteiger partial charge in [-0.3, -0.25) is 0 Å². The zero-order chi connectivity index (χ0) is 9.97.